The summed E-state index contributed by atoms with van der Waals surface area (Å²) in [6, 6.07) is 0. The molecule has 0 fully saturated rings. The van der Waals surface area contributed by atoms with Crippen LogP contribution in [-0.2, 0) is 17.8 Å². The number of Topliss-reactive ketones (excluding diaryl/α,β-unsaturated/α-hetero) is 1. The molecule has 0 amide bonds. The van der Waals surface area contributed by atoms with Crippen LogP contribution in [-0.4, -0.2) is 20.8 Å². The average molecular weight is 237 g/mol. The molecule has 1 aromatic heterocycles. The molecule has 1 heterocycles. The zero-order valence-electron chi connectivity index (χ0n) is 11.1. The van der Waals surface area contributed by atoms with Gasteiger partial charge >= 0.3 is 0 Å². The fraction of sp³-hybridized carbons (Fsp3) is 0.769. The van der Waals surface area contributed by atoms with Crippen molar-refractivity contribution in [1.82, 2.24) is 15.0 Å². The summed E-state index contributed by atoms with van der Waals surface area (Å²) < 4.78 is 1.90. The number of ketones is 1. The number of nitrogens with zero attached hydrogens (tertiary/aromatic N) is 3. The third-order valence-corrected chi connectivity index (χ3v) is 3.12. The van der Waals surface area contributed by atoms with Crippen LogP contribution in [0.4, 0.5) is 0 Å². The van der Waals surface area contributed by atoms with E-state index in [4.69, 9.17) is 0 Å². The summed E-state index contributed by atoms with van der Waals surface area (Å²) in [7, 11) is 0. The fourth-order valence-electron chi connectivity index (χ4n) is 1.98. The van der Waals surface area contributed by atoms with E-state index in [1.165, 1.54) is 0 Å². The lowest BCUT2D eigenvalue weighted by Gasteiger charge is -2.09. The van der Waals surface area contributed by atoms with Crippen LogP contribution in [0.3, 0.4) is 0 Å². The molecule has 0 aliphatic rings. The van der Waals surface area contributed by atoms with Gasteiger partial charge in [-0.3, -0.25) is 4.79 Å². The Labute approximate surface area is 103 Å². The van der Waals surface area contributed by atoms with Crippen LogP contribution in [0, 0.1) is 5.92 Å². The van der Waals surface area contributed by atoms with Gasteiger partial charge in [0.2, 0.25) is 0 Å². The van der Waals surface area contributed by atoms with Crippen molar-refractivity contribution in [3.05, 3.63) is 11.9 Å². The van der Waals surface area contributed by atoms with Crippen molar-refractivity contribution in [3.63, 3.8) is 0 Å². The number of rotatable bonds is 8. The molecule has 4 heteroatoms. The van der Waals surface area contributed by atoms with Gasteiger partial charge in [0.05, 0.1) is 11.9 Å². The SMILES string of the molecule is CCCC(C)C(=O)CCCn1nncc1CC. The summed E-state index contributed by atoms with van der Waals surface area (Å²) in [4.78, 5) is 11.8. The topological polar surface area (TPSA) is 47.8 Å². The Balaban J connectivity index is 2.30. The Morgan fingerprint density at radius 1 is 1.47 bits per heavy atom. The number of aromatic nitrogens is 3. The van der Waals surface area contributed by atoms with Crippen LogP contribution in [0.15, 0.2) is 6.20 Å². The monoisotopic (exact) mass is 237 g/mol. The average Bonchev–Trinajstić information content (AvgIpc) is 2.76. The molecule has 0 aliphatic carbocycles. The lowest BCUT2D eigenvalue weighted by Crippen LogP contribution is -2.12. The molecule has 0 aromatic carbocycles. The molecule has 0 spiro atoms. The highest BCUT2D eigenvalue weighted by Crippen LogP contribution is 2.10. The van der Waals surface area contributed by atoms with Crippen molar-refractivity contribution in [1.29, 1.82) is 0 Å². The molecule has 0 saturated carbocycles. The highest BCUT2D eigenvalue weighted by atomic mass is 16.1. The molecular formula is C13H23N3O. The van der Waals surface area contributed by atoms with Gasteiger partial charge in [0.15, 0.2) is 0 Å². The maximum absolute atomic E-state index is 11.8. The zero-order chi connectivity index (χ0) is 12.7. The molecule has 0 bridgehead atoms. The molecule has 0 radical (unpaired) electrons. The Morgan fingerprint density at radius 3 is 2.88 bits per heavy atom. The molecule has 1 rings (SSSR count). The third-order valence-electron chi connectivity index (χ3n) is 3.12. The van der Waals surface area contributed by atoms with Crippen molar-refractivity contribution < 1.29 is 4.79 Å². The number of carbonyl (C=O) groups is 1. The van der Waals surface area contributed by atoms with Crippen molar-refractivity contribution >= 4 is 5.78 Å². The zero-order valence-corrected chi connectivity index (χ0v) is 11.1. The summed E-state index contributed by atoms with van der Waals surface area (Å²) in [5.41, 5.74) is 1.14. The minimum absolute atomic E-state index is 0.210. The maximum atomic E-state index is 11.8. The van der Waals surface area contributed by atoms with E-state index < -0.39 is 0 Å². The smallest absolute Gasteiger partial charge is 0.135 e. The van der Waals surface area contributed by atoms with E-state index in [0.29, 0.717) is 12.2 Å². The van der Waals surface area contributed by atoms with Crippen LogP contribution >= 0.6 is 0 Å². The predicted molar refractivity (Wildman–Crippen MR) is 67.7 cm³/mol. The Bertz CT molecular complexity index is 346. The van der Waals surface area contributed by atoms with Gasteiger partial charge in [0.1, 0.15) is 5.78 Å². The van der Waals surface area contributed by atoms with E-state index in [0.717, 1.165) is 37.9 Å². The van der Waals surface area contributed by atoms with Gasteiger partial charge < -0.3 is 0 Å². The van der Waals surface area contributed by atoms with Gasteiger partial charge in [-0.2, -0.15) is 0 Å². The highest BCUT2D eigenvalue weighted by Gasteiger charge is 2.11. The quantitative estimate of drug-likeness (QED) is 0.698. The minimum Gasteiger partial charge on any atom is -0.299 e. The predicted octanol–water partition coefficient (Wildman–Crippen LogP) is 2.63. The molecule has 1 unspecified atom stereocenters. The second kappa shape index (κ2) is 7.20. The molecule has 0 aliphatic heterocycles. The number of hydrogen-bond donors (Lipinski definition) is 0. The first kappa shape index (κ1) is 13.9. The first-order valence-electron chi connectivity index (χ1n) is 6.59. The molecule has 17 heavy (non-hydrogen) atoms. The van der Waals surface area contributed by atoms with Gasteiger partial charge in [-0.25, -0.2) is 4.68 Å². The summed E-state index contributed by atoms with van der Waals surface area (Å²) in [5, 5.41) is 7.90. The molecule has 0 N–H and O–H groups in total. The van der Waals surface area contributed by atoms with Crippen LogP contribution < -0.4 is 0 Å². The standard InChI is InChI=1S/C13H23N3O/c1-4-7-11(3)13(17)8-6-9-16-12(5-2)10-14-15-16/h10-11H,4-9H2,1-3H3. The van der Waals surface area contributed by atoms with E-state index in [9.17, 15) is 4.79 Å². The van der Waals surface area contributed by atoms with Crippen molar-refractivity contribution in [2.45, 2.75) is 59.4 Å². The number of hydrogen-bond acceptors (Lipinski definition) is 3. The molecule has 1 aromatic rings. The van der Waals surface area contributed by atoms with Gasteiger partial charge in [-0.1, -0.05) is 32.4 Å². The normalized spacial score (nSPS) is 12.6. The van der Waals surface area contributed by atoms with Crippen LogP contribution in [0.25, 0.3) is 0 Å². The molecular weight excluding hydrogens is 214 g/mol. The van der Waals surface area contributed by atoms with E-state index >= 15 is 0 Å². The Hall–Kier alpha value is -1.19. The fourth-order valence-corrected chi connectivity index (χ4v) is 1.98. The minimum atomic E-state index is 0.210. The van der Waals surface area contributed by atoms with Gasteiger partial charge in [-0.05, 0) is 19.3 Å². The molecule has 0 saturated heterocycles. The van der Waals surface area contributed by atoms with Crippen LogP contribution in [0.1, 0.15) is 52.1 Å². The molecule has 4 nitrogen and oxygen atoms in total. The molecule has 96 valence electrons. The van der Waals surface area contributed by atoms with E-state index in [-0.39, 0.29) is 5.92 Å². The maximum Gasteiger partial charge on any atom is 0.135 e. The van der Waals surface area contributed by atoms with E-state index in [1.807, 2.05) is 11.6 Å². The van der Waals surface area contributed by atoms with Crippen molar-refractivity contribution in [2.75, 3.05) is 0 Å². The largest absolute Gasteiger partial charge is 0.299 e. The van der Waals surface area contributed by atoms with E-state index in [1.54, 1.807) is 6.20 Å². The van der Waals surface area contributed by atoms with Crippen molar-refractivity contribution in [2.24, 2.45) is 5.92 Å². The number of aryl methyl sites for hydroxylation is 2. The van der Waals surface area contributed by atoms with E-state index in [2.05, 4.69) is 24.2 Å². The van der Waals surface area contributed by atoms with Crippen molar-refractivity contribution in [3.8, 4) is 0 Å². The summed E-state index contributed by atoms with van der Waals surface area (Å²) in [5.74, 6) is 0.589. The first-order valence-corrected chi connectivity index (χ1v) is 6.59. The van der Waals surface area contributed by atoms with Gasteiger partial charge in [0, 0.05) is 18.9 Å². The molecule has 1 atom stereocenters. The first-order chi connectivity index (χ1) is 8.19. The number of carbonyl (C=O) groups excluding carboxylic acids is 1. The second-order valence-corrected chi connectivity index (χ2v) is 4.56. The second-order valence-electron chi connectivity index (χ2n) is 4.56. The summed E-state index contributed by atoms with van der Waals surface area (Å²) in [6.07, 6.45) is 6.33. The van der Waals surface area contributed by atoms with Gasteiger partial charge in [-0.15, -0.1) is 5.10 Å². The Morgan fingerprint density at radius 2 is 2.24 bits per heavy atom. The van der Waals surface area contributed by atoms with Crippen LogP contribution in [0.5, 0.6) is 0 Å². The van der Waals surface area contributed by atoms with Gasteiger partial charge in [0.25, 0.3) is 0 Å². The lowest BCUT2D eigenvalue weighted by atomic mass is 9.98. The van der Waals surface area contributed by atoms with Crippen LogP contribution in [0.2, 0.25) is 0 Å². The lowest BCUT2D eigenvalue weighted by molar-refractivity contribution is -0.122. The highest BCUT2D eigenvalue weighted by molar-refractivity contribution is 5.80. The summed E-state index contributed by atoms with van der Waals surface area (Å²) >= 11 is 0. The summed E-state index contributed by atoms with van der Waals surface area (Å²) in [6.45, 7) is 7.03. The Kier molecular flexibility index (Phi) is 5.87. The third kappa shape index (κ3) is 4.29.